The van der Waals surface area contributed by atoms with Crippen LogP contribution in [-0.2, 0) is 23.9 Å². The number of morpholine rings is 2. The Morgan fingerprint density at radius 3 is 2.71 bits per heavy atom. The van der Waals surface area contributed by atoms with Gasteiger partial charge >= 0.3 is 0 Å². The zero-order valence-electron chi connectivity index (χ0n) is 28.4. The van der Waals surface area contributed by atoms with Crippen molar-refractivity contribution in [3.63, 3.8) is 0 Å². The summed E-state index contributed by atoms with van der Waals surface area (Å²) >= 11 is 0. The van der Waals surface area contributed by atoms with E-state index < -0.39 is 24.2 Å². The Morgan fingerprint density at radius 1 is 1.04 bits per heavy atom. The molecule has 6 fully saturated rings. The summed E-state index contributed by atoms with van der Waals surface area (Å²) in [5.74, 6) is -0.356. The van der Waals surface area contributed by atoms with Crippen LogP contribution in [0.5, 0.6) is 0 Å². The van der Waals surface area contributed by atoms with Crippen LogP contribution in [0.4, 0.5) is 4.39 Å². The lowest BCUT2D eigenvalue weighted by atomic mass is 9.66. The van der Waals surface area contributed by atoms with E-state index in [1.54, 1.807) is 0 Å². The number of likely N-dealkylation sites (tertiary alicyclic amines) is 1. The van der Waals surface area contributed by atoms with E-state index in [-0.39, 0.29) is 59.6 Å². The van der Waals surface area contributed by atoms with Gasteiger partial charge in [0.2, 0.25) is 0 Å². The molecule has 0 spiro atoms. The van der Waals surface area contributed by atoms with Crippen molar-refractivity contribution in [2.45, 2.75) is 100 Å². The standard InChI is InChI=1S/C37H54FN5O5/c1-41-12-4-6-22(41)9-11-40-37(46)28-21-43-30-19-25-23-7-2-3-8-24(23)34(44)26(25)20-31(30)48-36-32(29(38)18-27(33(36)43)35(28)45)39-10-5-13-42-14-16-47-17-15-42/h3,8,21-27,29-33,36,39H,2,4-7,9-20H2,1H3,(H,40,46). The third-order valence-corrected chi connectivity index (χ3v) is 13.4. The minimum atomic E-state index is -1.28. The van der Waals surface area contributed by atoms with Gasteiger partial charge in [0.25, 0.3) is 5.91 Å². The van der Waals surface area contributed by atoms with Crippen LogP contribution >= 0.6 is 0 Å². The van der Waals surface area contributed by atoms with Crippen LogP contribution in [0.25, 0.3) is 0 Å². The van der Waals surface area contributed by atoms with E-state index in [1.165, 1.54) is 6.42 Å². The molecular weight excluding hydrogens is 613 g/mol. The van der Waals surface area contributed by atoms with E-state index >= 15 is 4.39 Å². The minimum Gasteiger partial charge on any atom is -0.379 e. The maximum absolute atomic E-state index is 16.3. The van der Waals surface area contributed by atoms with Crippen LogP contribution < -0.4 is 10.6 Å². The lowest BCUT2D eigenvalue weighted by Crippen LogP contribution is -2.73. The van der Waals surface area contributed by atoms with Gasteiger partial charge in [-0.15, -0.1) is 0 Å². The molecule has 4 aliphatic carbocycles. The number of nitrogens with zero attached hydrogens (tertiary/aromatic N) is 3. The van der Waals surface area contributed by atoms with Gasteiger partial charge in [0.15, 0.2) is 5.78 Å². The zero-order chi connectivity index (χ0) is 32.9. The number of alkyl halides is 1. The molecule has 0 aromatic heterocycles. The number of fused-ring (bicyclic) bond motifs is 5. The number of allylic oxidation sites excluding steroid dienone is 2. The minimum absolute atomic E-state index is 0.0150. The first-order chi connectivity index (χ1) is 23.4. The van der Waals surface area contributed by atoms with Gasteiger partial charge in [-0.1, -0.05) is 12.2 Å². The van der Waals surface area contributed by atoms with Crippen molar-refractivity contribution in [2.75, 3.05) is 59.5 Å². The second kappa shape index (κ2) is 13.9. The van der Waals surface area contributed by atoms with E-state index in [0.717, 1.165) is 77.9 Å². The summed E-state index contributed by atoms with van der Waals surface area (Å²) in [5.41, 5.74) is 0.155. The van der Waals surface area contributed by atoms with E-state index in [2.05, 4.69) is 44.5 Å². The van der Waals surface area contributed by atoms with Gasteiger partial charge in [-0.2, -0.15) is 0 Å². The summed E-state index contributed by atoms with van der Waals surface area (Å²) in [6, 6.07) is -0.490. The molecule has 11 heteroatoms. The normalized spacial score (nSPS) is 42.5. The van der Waals surface area contributed by atoms with Crippen molar-refractivity contribution in [3.05, 3.63) is 23.9 Å². The first-order valence-electron chi connectivity index (χ1n) is 18.9. The Bertz CT molecular complexity index is 1300. The second-order valence-corrected chi connectivity index (χ2v) is 15.9. The van der Waals surface area contributed by atoms with Gasteiger partial charge in [0, 0.05) is 49.6 Å². The van der Waals surface area contributed by atoms with Crippen molar-refractivity contribution < 1.29 is 28.2 Å². The number of rotatable bonds is 9. The van der Waals surface area contributed by atoms with Crippen LogP contribution in [0.1, 0.15) is 57.8 Å². The highest BCUT2D eigenvalue weighted by molar-refractivity contribution is 6.20. The number of halogens is 1. The fourth-order valence-corrected chi connectivity index (χ4v) is 10.9. The summed E-state index contributed by atoms with van der Waals surface area (Å²) in [6.45, 7) is 6.50. The van der Waals surface area contributed by atoms with Gasteiger partial charge in [-0.25, -0.2) is 4.39 Å². The van der Waals surface area contributed by atoms with Crippen LogP contribution in [0, 0.1) is 29.6 Å². The molecule has 10 nitrogen and oxygen atoms in total. The van der Waals surface area contributed by atoms with E-state index in [0.29, 0.717) is 37.3 Å². The molecule has 12 atom stereocenters. The number of ketones is 2. The highest BCUT2D eigenvalue weighted by atomic mass is 19.1. The average molecular weight is 668 g/mol. The summed E-state index contributed by atoms with van der Waals surface area (Å²) in [4.78, 5) is 48.4. The molecule has 1 amide bonds. The lowest BCUT2D eigenvalue weighted by molar-refractivity contribution is -0.206. The quantitative estimate of drug-likeness (QED) is 0.218. The molecule has 12 unspecified atom stereocenters. The van der Waals surface area contributed by atoms with Gasteiger partial charge in [-0.3, -0.25) is 19.3 Å². The maximum atomic E-state index is 16.3. The summed E-state index contributed by atoms with van der Waals surface area (Å²) in [7, 11) is 2.12. The number of carbonyl (C=O) groups excluding carboxylic acids is 3. The molecule has 0 aromatic rings. The van der Waals surface area contributed by atoms with E-state index in [1.807, 2.05) is 6.20 Å². The largest absolute Gasteiger partial charge is 0.379 e. The molecule has 0 aromatic carbocycles. The molecule has 48 heavy (non-hydrogen) atoms. The third kappa shape index (κ3) is 5.99. The first kappa shape index (κ1) is 33.0. The predicted octanol–water partition coefficient (Wildman–Crippen LogP) is 2.09. The first-order valence-corrected chi connectivity index (χ1v) is 18.9. The fourth-order valence-electron chi connectivity index (χ4n) is 10.9. The second-order valence-electron chi connectivity index (χ2n) is 15.9. The van der Waals surface area contributed by atoms with Gasteiger partial charge < -0.3 is 29.9 Å². The number of hydrogen-bond donors (Lipinski definition) is 2. The number of nitrogens with one attached hydrogen (secondary N) is 2. The van der Waals surface area contributed by atoms with Crippen molar-refractivity contribution >= 4 is 17.5 Å². The van der Waals surface area contributed by atoms with Gasteiger partial charge in [-0.05, 0) is 96.3 Å². The van der Waals surface area contributed by atoms with Gasteiger partial charge in [0.1, 0.15) is 12.0 Å². The molecule has 264 valence electrons. The van der Waals surface area contributed by atoms with Crippen LogP contribution in [0.15, 0.2) is 23.9 Å². The molecule has 0 bridgehead atoms. The highest BCUT2D eigenvalue weighted by Gasteiger charge is 2.62. The Hall–Kier alpha value is -2.18. The number of Topliss-reactive ketones (excluding diaryl/α,β-unsaturated/α-hetero) is 2. The summed E-state index contributed by atoms with van der Waals surface area (Å²) < 4.78 is 28.7. The molecule has 8 rings (SSSR count). The Balaban J connectivity index is 1.03. The summed E-state index contributed by atoms with van der Waals surface area (Å²) in [6.07, 6.45) is 11.6. The molecule has 0 radical (unpaired) electrons. The molecule has 4 heterocycles. The Labute approximate surface area is 284 Å². The van der Waals surface area contributed by atoms with Crippen molar-refractivity contribution in [1.29, 1.82) is 0 Å². The lowest BCUT2D eigenvalue weighted by Gasteiger charge is -2.60. The third-order valence-electron chi connectivity index (χ3n) is 13.4. The van der Waals surface area contributed by atoms with Crippen LogP contribution in [0.3, 0.4) is 0 Å². The molecular formula is C37H54FN5O5. The molecule has 3 saturated heterocycles. The average Bonchev–Trinajstić information content (AvgIpc) is 3.63. The number of carbonyl (C=O) groups is 3. The number of amides is 1. The SMILES string of the molecule is CN1CCCC1CCNC(=O)C1=CN2C3CC4C(CC3OC3C(NCCCN5CCOCC5)C(F)CC(C1=O)C32)C(=O)C1C=CCCC14. The summed E-state index contributed by atoms with van der Waals surface area (Å²) in [5, 5.41) is 6.57. The predicted molar refractivity (Wildman–Crippen MR) is 178 cm³/mol. The molecule has 2 N–H and O–H groups in total. The van der Waals surface area contributed by atoms with Crippen molar-refractivity contribution in [2.24, 2.45) is 29.6 Å². The van der Waals surface area contributed by atoms with E-state index in [9.17, 15) is 14.4 Å². The topological polar surface area (TPSA) is 103 Å². The molecule has 8 aliphatic rings. The highest BCUT2D eigenvalue weighted by Crippen LogP contribution is 2.55. The smallest absolute Gasteiger partial charge is 0.256 e. The number of ether oxygens (including phenoxy) is 2. The Morgan fingerprint density at radius 2 is 1.90 bits per heavy atom. The van der Waals surface area contributed by atoms with Crippen molar-refractivity contribution in [3.8, 4) is 0 Å². The van der Waals surface area contributed by atoms with Crippen LogP contribution in [-0.4, -0.2) is 134 Å². The van der Waals surface area contributed by atoms with Gasteiger partial charge in [0.05, 0.1) is 49.1 Å². The zero-order valence-corrected chi connectivity index (χ0v) is 28.4. The maximum Gasteiger partial charge on any atom is 0.256 e. The van der Waals surface area contributed by atoms with E-state index in [4.69, 9.17) is 9.47 Å². The fraction of sp³-hybridized carbons (Fsp3) is 0.811. The molecule has 3 saturated carbocycles. The number of hydrogen-bond acceptors (Lipinski definition) is 9. The molecule has 4 aliphatic heterocycles. The van der Waals surface area contributed by atoms with Crippen molar-refractivity contribution in [1.82, 2.24) is 25.3 Å². The Kier molecular flexibility index (Phi) is 9.52. The van der Waals surface area contributed by atoms with Crippen LogP contribution in [0.2, 0.25) is 0 Å². The monoisotopic (exact) mass is 667 g/mol.